The quantitative estimate of drug-likeness (QED) is 0.404. The van der Waals surface area contributed by atoms with E-state index in [0.717, 1.165) is 21.5 Å². The van der Waals surface area contributed by atoms with E-state index in [1.165, 1.54) is 29.4 Å². The van der Waals surface area contributed by atoms with Gasteiger partial charge in [0.25, 0.3) is 5.69 Å². The Labute approximate surface area is 201 Å². The van der Waals surface area contributed by atoms with Crippen molar-refractivity contribution in [2.24, 2.45) is 0 Å². The summed E-state index contributed by atoms with van der Waals surface area (Å²) in [5.74, 6) is 0.180. The Morgan fingerprint density at radius 3 is 2.69 bits per heavy atom. The highest BCUT2D eigenvalue weighted by Crippen LogP contribution is 2.46. The number of likely N-dealkylation sites (tertiary alicyclic amines) is 1. The number of non-ortho nitro benzene ring substituents is 1. The topological polar surface area (TPSA) is 150 Å². The molecule has 0 bridgehead atoms. The Bertz CT molecular complexity index is 1410. The van der Waals surface area contributed by atoms with Gasteiger partial charge in [-0.05, 0) is 48.9 Å². The van der Waals surface area contributed by atoms with Crippen LogP contribution in [0.2, 0.25) is 0 Å². The molecule has 2 aromatic heterocycles. The van der Waals surface area contributed by atoms with Gasteiger partial charge in [-0.2, -0.15) is 0 Å². The molecule has 5 rings (SSSR count). The summed E-state index contributed by atoms with van der Waals surface area (Å²) in [5, 5.41) is 21.0. The van der Waals surface area contributed by atoms with Gasteiger partial charge in [0.15, 0.2) is 0 Å². The first kappa shape index (κ1) is 23.2. The number of carbonyl (C=O) groups is 1. The molecule has 11 nitrogen and oxygen atoms in total. The number of hydrogen-bond donors (Lipinski definition) is 2. The smallest absolute Gasteiger partial charge is 0.408 e. The maximum atomic E-state index is 13.7. The first-order valence-electron chi connectivity index (χ1n) is 11.3. The van der Waals surface area contributed by atoms with Crippen LogP contribution in [0.3, 0.4) is 0 Å². The second-order valence-electron chi connectivity index (χ2n) is 9.20. The molecular weight excluding hydrogens is 474 g/mol. The van der Waals surface area contributed by atoms with Crippen molar-refractivity contribution in [2.75, 3.05) is 19.6 Å². The number of nitrogens with zero attached hydrogens (tertiary/aromatic N) is 4. The van der Waals surface area contributed by atoms with Crippen LogP contribution in [0.4, 0.5) is 10.5 Å². The highest BCUT2D eigenvalue weighted by Gasteiger charge is 2.61. The average molecular weight is 500 g/mol. The van der Waals surface area contributed by atoms with Crippen LogP contribution in [0.1, 0.15) is 36.8 Å². The number of fused-ring (bicyclic) bond motifs is 1. The first-order valence-corrected chi connectivity index (χ1v) is 12.8. The van der Waals surface area contributed by atoms with Gasteiger partial charge in [-0.1, -0.05) is 12.1 Å². The molecule has 4 heterocycles. The van der Waals surface area contributed by atoms with Crippen LogP contribution in [-0.4, -0.2) is 68.6 Å². The minimum atomic E-state index is -3.88. The van der Waals surface area contributed by atoms with Gasteiger partial charge in [0, 0.05) is 49.5 Å². The molecule has 1 aromatic carbocycles. The number of aromatic nitrogens is 2. The lowest BCUT2D eigenvalue weighted by atomic mass is 9.79. The standard InChI is InChI=1S/C23H25N5O6S/c1-23(16-4-2-5-17(12-16)28(31)32)20(14-27(23)22(29)30)35(33,34)26-10-7-15(8-11-26)19-13-25-21-18(19)6-3-9-24-21/h2-6,9,12-13,15,20H,7-8,10-11,14H2,1H3,(H,24,25)(H,29,30). The van der Waals surface area contributed by atoms with Gasteiger partial charge in [-0.15, -0.1) is 0 Å². The van der Waals surface area contributed by atoms with Crippen LogP contribution in [0, 0.1) is 10.1 Å². The van der Waals surface area contributed by atoms with Gasteiger partial charge in [0.2, 0.25) is 10.0 Å². The Morgan fingerprint density at radius 2 is 2.00 bits per heavy atom. The lowest BCUT2D eigenvalue weighted by Gasteiger charge is -2.55. The van der Waals surface area contributed by atoms with Crippen LogP contribution in [0.25, 0.3) is 11.0 Å². The van der Waals surface area contributed by atoms with Gasteiger partial charge in [-0.3, -0.25) is 15.0 Å². The minimum Gasteiger partial charge on any atom is -0.465 e. The third-order valence-electron chi connectivity index (χ3n) is 7.50. The molecule has 184 valence electrons. The highest BCUT2D eigenvalue weighted by atomic mass is 32.2. The normalized spacial score (nSPS) is 23.8. The number of sulfonamides is 1. The van der Waals surface area contributed by atoms with Gasteiger partial charge >= 0.3 is 6.09 Å². The monoisotopic (exact) mass is 499 g/mol. The van der Waals surface area contributed by atoms with E-state index in [9.17, 15) is 28.4 Å². The zero-order valence-corrected chi connectivity index (χ0v) is 19.8. The zero-order valence-electron chi connectivity index (χ0n) is 19.0. The van der Waals surface area contributed by atoms with Crippen molar-refractivity contribution >= 4 is 32.8 Å². The third-order valence-corrected chi connectivity index (χ3v) is 9.92. The van der Waals surface area contributed by atoms with E-state index in [4.69, 9.17) is 0 Å². The molecule has 2 saturated heterocycles. The van der Waals surface area contributed by atoms with E-state index in [1.807, 2.05) is 18.3 Å². The second-order valence-corrected chi connectivity index (χ2v) is 11.3. The molecule has 0 aliphatic carbocycles. The zero-order chi connectivity index (χ0) is 25.0. The van der Waals surface area contributed by atoms with E-state index < -0.39 is 31.8 Å². The van der Waals surface area contributed by atoms with Crippen LogP contribution in [0.15, 0.2) is 48.8 Å². The summed E-state index contributed by atoms with van der Waals surface area (Å²) in [6.45, 7) is 1.96. The highest BCUT2D eigenvalue weighted by molar-refractivity contribution is 7.89. The first-order chi connectivity index (χ1) is 16.6. The number of hydrogen-bond acceptors (Lipinski definition) is 6. The minimum absolute atomic E-state index is 0.180. The van der Waals surface area contributed by atoms with E-state index in [1.54, 1.807) is 12.3 Å². The summed E-state index contributed by atoms with van der Waals surface area (Å²) in [6.07, 6.45) is 3.64. The maximum Gasteiger partial charge on any atom is 0.408 e. The van der Waals surface area contributed by atoms with Gasteiger partial charge < -0.3 is 10.1 Å². The van der Waals surface area contributed by atoms with E-state index in [2.05, 4.69) is 9.97 Å². The molecular formula is C23H25N5O6S. The maximum absolute atomic E-state index is 13.7. The van der Waals surface area contributed by atoms with Crippen LogP contribution in [0.5, 0.6) is 0 Å². The average Bonchev–Trinajstić information content (AvgIpc) is 3.27. The number of aromatic amines is 1. The molecule has 2 atom stereocenters. The van der Waals surface area contributed by atoms with Crippen molar-refractivity contribution in [1.82, 2.24) is 19.2 Å². The number of H-pyrrole nitrogens is 1. The fourth-order valence-corrected chi connectivity index (χ4v) is 7.71. The summed E-state index contributed by atoms with van der Waals surface area (Å²) >= 11 is 0. The van der Waals surface area contributed by atoms with Crippen LogP contribution >= 0.6 is 0 Å². The Morgan fingerprint density at radius 1 is 1.26 bits per heavy atom. The molecule has 2 fully saturated rings. The summed E-state index contributed by atoms with van der Waals surface area (Å²) in [7, 11) is -3.88. The lowest BCUT2D eigenvalue weighted by molar-refractivity contribution is -0.385. The number of nitrogens with one attached hydrogen (secondary N) is 1. The predicted octanol–water partition coefficient (Wildman–Crippen LogP) is 3.26. The summed E-state index contributed by atoms with van der Waals surface area (Å²) in [5.41, 5.74) is 0.554. The fourth-order valence-electron chi connectivity index (χ4n) is 5.45. The van der Waals surface area contributed by atoms with Crippen molar-refractivity contribution < 1.29 is 23.2 Å². The number of rotatable bonds is 5. The number of benzene rings is 1. The second kappa shape index (κ2) is 8.31. The molecule has 1 amide bonds. The number of piperidine rings is 1. The van der Waals surface area contributed by atoms with Crippen molar-refractivity contribution in [3.8, 4) is 0 Å². The Balaban J connectivity index is 1.39. The molecule has 35 heavy (non-hydrogen) atoms. The van der Waals surface area contributed by atoms with E-state index >= 15 is 0 Å². The molecule has 12 heteroatoms. The van der Waals surface area contributed by atoms with Crippen molar-refractivity contribution in [1.29, 1.82) is 0 Å². The van der Waals surface area contributed by atoms with Crippen molar-refractivity contribution in [3.05, 3.63) is 70.0 Å². The third kappa shape index (κ3) is 3.64. The van der Waals surface area contributed by atoms with Crippen molar-refractivity contribution in [2.45, 2.75) is 36.5 Å². The molecule has 0 spiro atoms. The number of amides is 1. The molecule has 2 N–H and O–H groups in total. The largest absolute Gasteiger partial charge is 0.465 e. The van der Waals surface area contributed by atoms with E-state index in [-0.39, 0.29) is 23.7 Å². The molecule has 2 aliphatic rings. The molecule has 0 radical (unpaired) electrons. The fraction of sp³-hybridized carbons (Fsp3) is 0.391. The van der Waals surface area contributed by atoms with E-state index in [0.29, 0.717) is 25.9 Å². The molecule has 0 saturated carbocycles. The van der Waals surface area contributed by atoms with Gasteiger partial charge in [0.1, 0.15) is 10.9 Å². The number of nitro groups is 1. The molecule has 3 aromatic rings. The van der Waals surface area contributed by atoms with Crippen LogP contribution < -0.4 is 0 Å². The summed E-state index contributed by atoms with van der Waals surface area (Å²) in [6, 6.07) is 9.42. The number of nitro benzene ring substituents is 1. The Kier molecular flexibility index (Phi) is 5.52. The number of pyridine rings is 1. The predicted molar refractivity (Wildman–Crippen MR) is 128 cm³/mol. The van der Waals surface area contributed by atoms with Gasteiger partial charge in [0.05, 0.1) is 10.5 Å². The SMILES string of the molecule is CC1(c2cccc([N+](=O)[O-])c2)C(S(=O)(=O)N2CCC(c3c[nH]c4ncccc34)CC2)CN1C(=O)O. The summed E-state index contributed by atoms with van der Waals surface area (Å²) in [4.78, 5) is 31.1. The molecule has 2 aliphatic heterocycles. The Hall–Kier alpha value is -3.51. The van der Waals surface area contributed by atoms with Crippen molar-refractivity contribution in [3.63, 3.8) is 0 Å². The van der Waals surface area contributed by atoms with Gasteiger partial charge in [-0.25, -0.2) is 22.5 Å². The summed E-state index contributed by atoms with van der Waals surface area (Å²) < 4.78 is 28.9. The molecule has 2 unspecified atom stereocenters. The lowest BCUT2D eigenvalue weighted by Crippen LogP contribution is -2.72. The number of carboxylic acid groups (broad SMARTS) is 1. The van der Waals surface area contributed by atoms with Crippen LogP contribution in [-0.2, 0) is 15.6 Å².